The molecule has 1 unspecified atom stereocenters. The van der Waals surface area contributed by atoms with Crippen LogP contribution in [0, 0.1) is 0 Å². The van der Waals surface area contributed by atoms with Crippen LogP contribution in [0.25, 0.3) is 0 Å². The van der Waals surface area contributed by atoms with Crippen LogP contribution in [0.1, 0.15) is 34.1 Å². The average Bonchev–Trinajstić information content (AvgIpc) is 3.37. The number of nitrogens with one attached hydrogen (secondary N) is 1. The Kier molecular flexibility index (Phi) is 4.52. The topological polar surface area (TPSA) is 78.7 Å². The van der Waals surface area contributed by atoms with Crippen molar-refractivity contribution >= 4 is 29.3 Å². The van der Waals surface area contributed by atoms with Gasteiger partial charge in [-0.15, -0.1) is 0 Å². The Labute approximate surface area is 174 Å². The zero-order valence-electron chi connectivity index (χ0n) is 16.1. The lowest BCUT2D eigenvalue weighted by Crippen LogP contribution is -2.55. The zero-order chi connectivity index (χ0) is 20.0. The summed E-state index contributed by atoms with van der Waals surface area (Å²) in [5, 5.41) is 3.68. The van der Waals surface area contributed by atoms with Crippen molar-refractivity contribution in [3.63, 3.8) is 0 Å². The van der Waals surface area contributed by atoms with Gasteiger partial charge in [-0.1, -0.05) is 36.0 Å². The molecule has 2 amide bonds. The minimum atomic E-state index is -0.631. The van der Waals surface area contributed by atoms with Crippen molar-refractivity contribution in [2.24, 2.45) is 5.73 Å². The first-order valence-corrected chi connectivity index (χ1v) is 10.9. The van der Waals surface area contributed by atoms with E-state index < -0.39 is 5.54 Å². The summed E-state index contributed by atoms with van der Waals surface area (Å²) >= 11 is 1.79. The highest BCUT2D eigenvalue weighted by Crippen LogP contribution is 2.46. The van der Waals surface area contributed by atoms with Crippen molar-refractivity contribution in [2.45, 2.75) is 28.6 Å². The summed E-state index contributed by atoms with van der Waals surface area (Å²) in [7, 11) is 0. The molecule has 0 aromatic heterocycles. The summed E-state index contributed by atoms with van der Waals surface area (Å²) in [6.45, 7) is 2.22. The number of amides is 2. The summed E-state index contributed by atoms with van der Waals surface area (Å²) in [4.78, 5) is 30.1. The number of para-hydroxylation sites is 1. The quantitative estimate of drug-likeness (QED) is 0.816. The van der Waals surface area contributed by atoms with Crippen LogP contribution in [0.3, 0.4) is 0 Å². The molecule has 29 heavy (non-hydrogen) atoms. The Hall–Kier alpha value is -2.51. The number of nitrogens with two attached hydrogens (primary N) is 1. The third kappa shape index (κ3) is 3.49. The highest BCUT2D eigenvalue weighted by molar-refractivity contribution is 8.00. The van der Waals surface area contributed by atoms with E-state index in [0.29, 0.717) is 31.7 Å². The van der Waals surface area contributed by atoms with Gasteiger partial charge in [-0.25, -0.2) is 0 Å². The largest absolute Gasteiger partial charge is 0.368 e. The summed E-state index contributed by atoms with van der Waals surface area (Å²) in [5.41, 5.74) is 8.38. The lowest BCUT2D eigenvalue weighted by molar-refractivity contribution is -0.135. The molecule has 1 saturated heterocycles. The number of benzene rings is 2. The molecule has 3 aliphatic rings. The fourth-order valence-electron chi connectivity index (χ4n) is 3.90. The van der Waals surface area contributed by atoms with E-state index in [-0.39, 0.29) is 17.2 Å². The Morgan fingerprint density at radius 3 is 2.28 bits per heavy atom. The number of rotatable bonds is 3. The fraction of sp³-hybridized carbons (Fsp3) is 0.364. The number of thioether (sulfide) groups is 1. The maximum atomic E-state index is 12.9. The number of fused-ring (bicyclic) bond motifs is 1. The van der Waals surface area contributed by atoms with Crippen molar-refractivity contribution in [1.29, 1.82) is 0 Å². The highest BCUT2D eigenvalue weighted by Gasteiger charge is 2.48. The lowest BCUT2D eigenvalue weighted by Gasteiger charge is -2.36. The molecule has 6 nitrogen and oxygen atoms in total. The third-order valence-corrected chi connectivity index (χ3v) is 7.18. The first kappa shape index (κ1) is 18.5. The van der Waals surface area contributed by atoms with Crippen molar-refractivity contribution < 1.29 is 9.59 Å². The zero-order valence-corrected chi connectivity index (χ0v) is 17.0. The molecule has 0 bridgehead atoms. The fourth-order valence-corrected chi connectivity index (χ4v) is 5.04. The molecule has 1 saturated carbocycles. The Bertz CT molecular complexity index is 925. The van der Waals surface area contributed by atoms with Gasteiger partial charge in [0.1, 0.15) is 5.37 Å². The molecular weight excluding hydrogens is 384 g/mol. The van der Waals surface area contributed by atoms with E-state index in [1.807, 2.05) is 41.3 Å². The van der Waals surface area contributed by atoms with E-state index in [1.165, 1.54) is 4.90 Å². The van der Waals surface area contributed by atoms with Gasteiger partial charge in [-0.2, -0.15) is 0 Å². The molecule has 1 aliphatic carbocycles. The van der Waals surface area contributed by atoms with E-state index in [4.69, 9.17) is 5.73 Å². The molecule has 0 spiro atoms. The number of anilines is 1. The molecule has 0 radical (unpaired) electrons. The second-order valence-electron chi connectivity index (χ2n) is 8.00. The van der Waals surface area contributed by atoms with E-state index in [0.717, 1.165) is 24.1 Å². The molecule has 2 aromatic rings. The van der Waals surface area contributed by atoms with Gasteiger partial charge in [-0.3, -0.25) is 9.59 Å². The van der Waals surface area contributed by atoms with Crippen LogP contribution >= 0.6 is 11.8 Å². The highest BCUT2D eigenvalue weighted by atomic mass is 32.2. The van der Waals surface area contributed by atoms with Gasteiger partial charge in [-0.05, 0) is 42.7 Å². The number of hydrogen-bond acceptors (Lipinski definition) is 5. The van der Waals surface area contributed by atoms with Crippen molar-refractivity contribution in [3.8, 4) is 0 Å². The SMILES string of the molecule is NC1(C(=O)N2CCN(C(=O)c3ccc(C4Nc5ccccc5S4)cc3)CC2)CC1. The van der Waals surface area contributed by atoms with Gasteiger partial charge < -0.3 is 20.9 Å². The summed E-state index contributed by atoms with van der Waals surface area (Å²) < 4.78 is 0. The molecule has 2 heterocycles. The molecule has 2 aliphatic heterocycles. The van der Waals surface area contributed by atoms with E-state index >= 15 is 0 Å². The third-order valence-electron chi connectivity index (χ3n) is 5.95. The number of carbonyl (C=O) groups excluding carboxylic acids is 2. The summed E-state index contributed by atoms with van der Waals surface area (Å²) in [6.07, 6.45) is 1.55. The van der Waals surface area contributed by atoms with Crippen LogP contribution in [0.5, 0.6) is 0 Å². The molecule has 2 fully saturated rings. The monoisotopic (exact) mass is 408 g/mol. The molecule has 1 atom stereocenters. The normalized spacial score (nSPS) is 22.0. The standard InChI is InChI=1S/C22H24N4O2S/c23-22(9-10-22)21(28)26-13-11-25(12-14-26)20(27)16-7-5-15(6-8-16)19-24-17-3-1-2-4-18(17)29-19/h1-8,19,24H,9-14,23H2. The van der Waals surface area contributed by atoms with E-state index in [2.05, 4.69) is 17.4 Å². The first-order valence-electron chi connectivity index (χ1n) is 10.0. The van der Waals surface area contributed by atoms with Gasteiger partial charge in [0.25, 0.3) is 5.91 Å². The number of piperazine rings is 1. The maximum Gasteiger partial charge on any atom is 0.253 e. The second kappa shape index (κ2) is 7.07. The average molecular weight is 409 g/mol. The van der Waals surface area contributed by atoms with Crippen molar-refractivity contribution in [3.05, 3.63) is 59.7 Å². The second-order valence-corrected chi connectivity index (χ2v) is 9.15. The summed E-state index contributed by atoms with van der Waals surface area (Å²) in [6, 6.07) is 16.1. The number of carbonyl (C=O) groups is 2. The Morgan fingerprint density at radius 1 is 0.966 bits per heavy atom. The van der Waals surface area contributed by atoms with E-state index in [9.17, 15) is 9.59 Å². The smallest absolute Gasteiger partial charge is 0.253 e. The van der Waals surface area contributed by atoms with Crippen LogP contribution in [0.4, 0.5) is 5.69 Å². The molecule has 3 N–H and O–H groups in total. The molecule has 150 valence electrons. The Morgan fingerprint density at radius 2 is 1.62 bits per heavy atom. The van der Waals surface area contributed by atoms with Crippen LogP contribution in [-0.4, -0.2) is 53.3 Å². The minimum absolute atomic E-state index is 0.0212. The molecule has 7 heteroatoms. The predicted octanol–water partition coefficient (Wildman–Crippen LogP) is 2.68. The lowest BCUT2D eigenvalue weighted by atomic mass is 10.1. The Balaban J connectivity index is 1.20. The van der Waals surface area contributed by atoms with Crippen LogP contribution < -0.4 is 11.1 Å². The molecule has 5 rings (SSSR count). The molecule has 2 aromatic carbocycles. The van der Waals surface area contributed by atoms with Crippen LogP contribution in [0.2, 0.25) is 0 Å². The maximum absolute atomic E-state index is 12.9. The van der Waals surface area contributed by atoms with E-state index in [1.54, 1.807) is 16.7 Å². The van der Waals surface area contributed by atoms with Crippen molar-refractivity contribution in [1.82, 2.24) is 9.80 Å². The van der Waals surface area contributed by atoms with Gasteiger partial charge in [0, 0.05) is 42.3 Å². The number of hydrogen-bond donors (Lipinski definition) is 2. The minimum Gasteiger partial charge on any atom is -0.368 e. The predicted molar refractivity (Wildman–Crippen MR) is 114 cm³/mol. The van der Waals surface area contributed by atoms with Crippen molar-refractivity contribution in [2.75, 3.05) is 31.5 Å². The van der Waals surface area contributed by atoms with Gasteiger partial charge >= 0.3 is 0 Å². The van der Waals surface area contributed by atoms with Gasteiger partial charge in [0.15, 0.2) is 0 Å². The first-order chi connectivity index (χ1) is 14.0. The number of nitrogens with zero attached hydrogens (tertiary/aromatic N) is 2. The molecular formula is C22H24N4O2S. The summed E-state index contributed by atoms with van der Waals surface area (Å²) in [5.74, 6) is 0.0596. The van der Waals surface area contributed by atoms with Gasteiger partial charge in [0.2, 0.25) is 5.91 Å². The van der Waals surface area contributed by atoms with Crippen LogP contribution in [0.15, 0.2) is 53.4 Å². The van der Waals surface area contributed by atoms with Gasteiger partial charge in [0.05, 0.1) is 5.54 Å². The van der Waals surface area contributed by atoms with Crippen LogP contribution in [-0.2, 0) is 4.79 Å².